The third-order valence-corrected chi connectivity index (χ3v) is 4.14. The van der Waals surface area contributed by atoms with Crippen LogP contribution in [0.3, 0.4) is 0 Å². The van der Waals surface area contributed by atoms with Gasteiger partial charge in [0.15, 0.2) is 0 Å². The molecule has 0 radical (unpaired) electrons. The largest absolute Gasteiger partial charge is 0.492 e. The van der Waals surface area contributed by atoms with Crippen molar-refractivity contribution in [3.8, 4) is 5.75 Å². The van der Waals surface area contributed by atoms with E-state index in [0.717, 1.165) is 0 Å². The molecule has 120 valence electrons. The first-order valence-corrected chi connectivity index (χ1v) is 7.62. The fraction of sp³-hybridized carbons (Fsp3) is 0.278. The lowest BCUT2D eigenvalue weighted by Crippen LogP contribution is -2.49. The summed E-state index contributed by atoms with van der Waals surface area (Å²) >= 11 is 0. The molecule has 3 rings (SSSR count). The van der Waals surface area contributed by atoms with E-state index in [-0.39, 0.29) is 17.8 Å². The van der Waals surface area contributed by atoms with Crippen molar-refractivity contribution < 1.29 is 13.9 Å². The van der Waals surface area contributed by atoms with Crippen molar-refractivity contribution >= 4 is 5.91 Å². The molecule has 0 saturated carbocycles. The van der Waals surface area contributed by atoms with E-state index >= 15 is 0 Å². The number of hydrogen-bond donors (Lipinski definition) is 1. The molecule has 5 heteroatoms. The minimum Gasteiger partial charge on any atom is -0.492 e. The van der Waals surface area contributed by atoms with E-state index < -0.39 is 0 Å². The number of primary amides is 1. The van der Waals surface area contributed by atoms with Crippen LogP contribution < -0.4 is 10.5 Å². The maximum atomic E-state index is 12.9. The molecule has 0 bridgehead atoms. The van der Waals surface area contributed by atoms with E-state index in [2.05, 4.69) is 6.07 Å². The molecule has 0 spiro atoms. The molecule has 0 fully saturated rings. The number of amides is 1. The Morgan fingerprint density at radius 2 is 1.87 bits per heavy atom. The molecule has 1 amide bonds. The number of rotatable bonds is 5. The van der Waals surface area contributed by atoms with E-state index in [1.54, 1.807) is 12.1 Å². The molecule has 2 N–H and O–H groups in total. The predicted octanol–water partition coefficient (Wildman–Crippen LogP) is 2.12. The highest BCUT2D eigenvalue weighted by molar-refractivity contribution is 5.80. The summed E-state index contributed by atoms with van der Waals surface area (Å²) in [6.45, 7) is 1.67. The number of halogens is 1. The number of benzene rings is 2. The van der Waals surface area contributed by atoms with E-state index in [9.17, 15) is 9.18 Å². The van der Waals surface area contributed by atoms with Gasteiger partial charge in [0.1, 0.15) is 18.2 Å². The van der Waals surface area contributed by atoms with Crippen molar-refractivity contribution in [2.24, 2.45) is 5.73 Å². The van der Waals surface area contributed by atoms with E-state index in [1.807, 2.05) is 23.1 Å². The van der Waals surface area contributed by atoms with E-state index in [0.29, 0.717) is 31.9 Å². The van der Waals surface area contributed by atoms with Crippen molar-refractivity contribution in [1.82, 2.24) is 4.90 Å². The van der Waals surface area contributed by atoms with Crippen molar-refractivity contribution in [3.05, 3.63) is 65.5 Å². The van der Waals surface area contributed by atoms with Crippen LogP contribution in [-0.2, 0) is 17.8 Å². The normalized spacial score (nSPS) is 17.5. The van der Waals surface area contributed by atoms with Crippen molar-refractivity contribution in [2.45, 2.75) is 19.0 Å². The highest BCUT2D eigenvalue weighted by Gasteiger charge is 2.29. The van der Waals surface area contributed by atoms with Gasteiger partial charge in [0.05, 0.1) is 6.04 Å². The van der Waals surface area contributed by atoms with Gasteiger partial charge in [0.2, 0.25) is 5.91 Å². The summed E-state index contributed by atoms with van der Waals surface area (Å²) in [5, 5.41) is 0. The third-order valence-electron chi connectivity index (χ3n) is 4.14. The second kappa shape index (κ2) is 6.79. The Bertz CT molecular complexity index is 688. The fourth-order valence-electron chi connectivity index (χ4n) is 2.90. The summed E-state index contributed by atoms with van der Waals surface area (Å²) in [6.07, 6.45) is 0.627. The number of carbonyl (C=O) groups is 1. The second-order valence-corrected chi connectivity index (χ2v) is 5.66. The minimum atomic E-state index is -0.318. The maximum absolute atomic E-state index is 12.9. The monoisotopic (exact) mass is 314 g/mol. The highest BCUT2D eigenvalue weighted by atomic mass is 19.1. The highest BCUT2D eigenvalue weighted by Crippen LogP contribution is 2.23. The fourth-order valence-corrected chi connectivity index (χ4v) is 2.90. The Hall–Kier alpha value is -2.40. The Balaban J connectivity index is 1.63. The summed E-state index contributed by atoms with van der Waals surface area (Å²) in [6, 6.07) is 13.7. The third kappa shape index (κ3) is 3.68. The van der Waals surface area contributed by atoms with Crippen LogP contribution in [0, 0.1) is 5.82 Å². The molecule has 0 saturated heterocycles. The molecule has 4 nitrogen and oxygen atoms in total. The summed E-state index contributed by atoms with van der Waals surface area (Å²) in [5.41, 5.74) is 7.94. The van der Waals surface area contributed by atoms with Crippen LogP contribution in [0.15, 0.2) is 48.5 Å². The Labute approximate surface area is 134 Å². The van der Waals surface area contributed by atoms with Crippen LogP contribution in [0.1, 0.15) is 11.1 Å². The number of fused-ring (bicyclic) bond motifs is 1. The van der Waals surface area contributed by atoms with Gasteiger partial charge in [-0.3, -0.25) is 9.69 Å². The average molecular weight is 314 g/mol. The lowest BCUT2D eigenvalue weighted by Gasteiger charge is -2.34. The molecule has 0 aromatic heterocycles. The standard InChI is InChI=1S/C18H19FN2O2/c19-15-5-7-16(8-6-15)23-10-9-21-12-14-4-2-1-3-13(14)11-17(21)18(20)22/h1-8,17H,9-12H2,(H2,20,22)/t17-/m0/s1. The van der Waals surface area contributed by atoms with Crippen LogP contribution >= 0.6 is 0 Å². The van der Waals surface area contributed by atoms with Crippen LogP contribution in [0.25, 0.3) is 0 Å². The second-order valence-electron chi connectivity index (χ2n) is 5.66. The SMILES string of the molecule is NC(=O)[C@@H]1Cc2ccccc2CN1CCOc1ccc(F)cc1. The topological polar surface area (TPSA) is 55.6 Å². The molecule has 23 heavy (non-hydrogen) atoms. The molecular formula is C18H19FN2O2. The van der Waals surface area contributed by atoms with Crippen molar-refractivity contribution in [1.29, 1.82) is 0 Å². The first-order valence-electron chi connectivity index (χ1n) is 7.62. The van der Waals surface area contributed by atoms with Gasteiger partial charge in [-0.25, -0.2) is 4.39 Å². The van der Waals surface area contributed by atoms with Gasteiger partial charge in [-0.2, -0.15) is 0 Å². The van der Waals surface area contributed by atoms with Gasteiger partial charge in [0, 0.05) is 13.1 Å². The number of nitrogens with zero attached hydrogens (tertiary/aromatic N) is 1. The molecule has 1 aliphatic rings. The zero-order valence-electron chi connectivity index (χ0n) is 12.7. The van der Waals surface area contributed by atoms with Gasteiger partial charge < -0.3 is 10.5 Å². The molecule has 1 atom stereocenters. The van der Waals surface area contributed by atoms with Gasteiger partial charge in [-0.05, 0) is 41.8 Å². The smallest absolute Gasteiger partial charge is 0.235 e. The van der Waals surface area contributed by atoms with Gasteiger partial charge >= 0.3 is 0 Å². The molecular weight excluding hydrogens is 295 g/mol. The lowest BCUT2D eigenvalue weighted by atomic mass is 9.93. The Kier molecular flexibility index (Phi) is 4.57. The quantitative estimate of drug-likeness (QED) is 0.920. The summed E-state index contributed by atoms with van der Waals surface area (Å²) in [5.74, 6) is -0.000463. The van der Waals surface area contributed by atoms with E-state index in [4.69, 9.17) is 10.5 Å². The Morgan fingerprint density at radius 3 is 2.57 bits per heavy atom. The Morgan fingerprint density at radius 1 is 1.17 bits per heavy atom. The van der Waals surface area contributed by atoms with Crippen LogP contribution in [0.2, 0.25) is 0 Å². The van der Waals surface area contributed by atoms with Crippen molar-refractivity contribution in [3.63, 3.8) is 0 Å². The molecule has 0 unspecified atom stereocenters. The van der Waals surface area contributed by atoms with Gasteiger partial charge in [0.25, 0.3) is 0 Å². The zero-order valence-corrected chi connectivity index (χ0v) is 12.7. The van der Waals surface area contributed by atoms with Gasteiger partial charge in [-0.15, -0.1) is 0 Å². The molecule has 0 aliphatic carbocycles. The summed E-state index contributed by atoms with van der Waals surface area (Å²) in [4.78, 5) is 13.8. The summed E-state index contributed by atoms with van der Waals surface area (Å²) < 4.78 is 18.5. The lowest BCUT2D eigenvalue weighted by molar-refractivity contribution is -0.123. The zero-order chi connectivity index (χ0) is 16.2. The number of hydrogen-bond acceptors (Lipinski definition) is 3. The summed E-state index contributed by atoms with van der Waals surface area (Å²) in [7, 11) is 0. The van der Waals surface area contributed by atoms with Crippen LogP contribution in [0.5, 0.6) is 5.75 Å². The molecule has 2 aromatic rings. The maximum Gasteiger partial charge on any atom is 0.235 e. The first kappa shape index (κ1) is 15.5. The van der Waals surface area contributed by atoms with Crippen LogP contribution in [-0.4, -0.2) is 30.0 Å². The van der Waals surface area contributed by atoms with Crippen molar-refractivity contribution in [2.75, 3.05) is 13.2 Å². The molecule has 1 aliphatic heterocycles. The van der Waals surface area contributed by atoms with E-state index in [1.165, 1.54) is 23.3 Å². The molecule has 1 heterocycles. The van der Waals surface area contributed by atoms with Crippen LogP contribution in [0.4, 0.5) is 4.39 Å². The minimum absolute atomic E-state index is 0.293. The molecule has 2 aromatic carbocycles. The first-order chi connectivity index (χ1) is 11.1. The number of carbonyl (C=O) groups excluding carboxylic acids is 1. The number of ether oxygens (including phenoxy) is 1. The van der Waals surface area contributed by atoms with Gasteiger partial charge in [-0.1, -0.05) is 24.3 Å². The predicted molar refractivity (Wildman–Crippen MR) is 85.4 cm³/mol. The average Bonchev–Trinajstić information content (AvgIpc) is 2.56. The number of nitrogens with two attached hydrogens (primary N) is 1.